The first kappa shape index (κ1) is 20.6. The van der Waals surface area contributed by atoms with Gasteiger partial charge in [0.15, 0.2) is 0 Å². The Hall–Kier alpha value is -3.67. The summed E-state index contributed by atoms with van der Waals surface area (Å²) in [5, 5.41) is 14.0. The highest BCUT2D eigenvalue weighted by atomic mass is 16.5. The van der Waals surface area contributed by atoms with Crippen LogP contribution < -0.4 is 15.4 Å². The van der Waals surface area contributed by atoms with E-state index in [0.717, 1.165) is 40.9 Å². The molecule has 158 valence electrons. The number of aromatic nitrogens is 1. The van der Waals surface area contributed by atoms with E-state index in [1.165, 1.54) is 0 Å². The van der Waals surface area contributed by atoms with Gasteiger partial charge in [-0.05, 0) is 62.6 Å². The zero-order valence-corrected chi connectivity index (χ0v) is 18.0. The molecule has 1 saturated carbocycles. The number of carbonyl (C=O) groups is 1. The van der Waals surface area contributed by atoms with Gasteiger partial charge in [-0.25, -0.2) is 0 Å². The number of pyridine rings is 1. The van der Waals surface area contributed by atoms with Crippen LogP contribution in [0.15, 0.2) is 54.7 Å². The predicted molar refractivity (Wildman–Crippen MR) is 123 cm³/mol. The van der Waals surface area contributed by atoms with E-state index >= 15 is 0 Å². The van der Waals surface area contributed by atoms with Gasteiger partial charge in [0.1, 0.15) is 11.5 Å². The monoisotopic (exact) mass is 414 g/mol. The number of aryl methyl sites for hydroxylation is 1. The highest BCUT2D eigenvalue weighted by molar-refractivity contribution is 6.01. The highest BCUT2D eigenvalue weighted by Gasteiger charge is 2.24. The molecule has 0 spiro atoms. The van der Waals surface area contributed by atoms with E-state index < -0.39 is 0 Å². The van der Waals surface area contributed by atoms with Crippen LogP contribution in [0.4, 0.5) is 5.69 Å². The van der Waals surface area contributed by atoms with Crippen molar-refractivity contribution >= 4 is 17.3 Å². The van der Waals surface area contributed by atoms with Crippen molar-refractivity contribution in [2.24, 2.45) is 0 Å². The van der Waals surface area contributed by atoms with Crippen LogP contribution in [-0.4, -0.2) is 29.7 Å². The van der Waals surface area contributed by atoms with E-state index in [9.17, 15) is 4.79 Å². The summed E-state index contributed by atoms with van der Waals surface area (Å²) >= 11 is 0. The molecule has 0 atom stereocenters. The molecule has 6 heteroatoms. The number of anilines is 1. The van der Waals surface area contributed by atoms with Crippen molar-refractivity contribution in [2.45, 2.75) is 32.7 Å². The van der Waals surface area contributed by atoms with E-state index in [1.807, 2.05) is 62.5 Å². The van der Waals surface area contributed by atoms with Gasteiger partial charge in [-0.3, -0.25) is 9.78 Å². The molecule has 1 amide bonds. The molecule has 1 fully saturated rings. The van der Waals surface area contributed by atoms with Gasteiger partial charge in [-0.15, -0.1) is 0 Å². The van der Waals surface area contributed by atoms with Gasteiger partial charge in [0.05, 0.1) is 5.69 Å². The van der Waals surface area contributed by atoms with Crippen molar-refractivity contribution in [1.82, 2.24) is 10.3 Å². The first-order chi connectivity index (χ1) is 14.9. The Morgan fingerprint density at radius 1 is 1.06 bits per heavy atom. The van der Waals surface area contributed by atoms with Crippen molar-refractivity contribution < 1.29 is 9.53 Å². The first-order valence-corrected chi connectivity index (χ1v) is 10.4. The van der Waals surface area contributed by atoms with Crippen molar-refractivity contribution in [1.29, 1.82) is 5.41 Å². The molecule has 31 heavy (non-hydrogen) atoms. The lowest BCUT2D eigenvalue weighted by atomic mass is 10.0. The second kappa shape index (κ2) is 8.60. The molecule has 0 bridgehead atoms. The molecular formula is C25H26N4O2. The smallest absolute Gasteiger partial charge is 0.251 e. The lowest BCUT2D eigenvalue weighted by Gasteiger charge is -2.12. The molecule has 0 saturated heterocycles. The van der Waals surface area contributed by atoms with Gasteiger partial charge in [-0.2, -0.15) is 0 Å². The van der Waals surface area contributed by atoms with Crippen LogP contribution in [0.1, 0.15) is 41.3 Å². The zero-order valence-electron chi connectivity index (χ0n) is 18.0. The molecule has 4 rings (SSSR count). The molecule has 0 unspecified atom stereocenters. The number of ether oxygens (including phenoxy) is 1. The molecule has 3 aromatic rings. The molecule has 1 aliphatic rings. The Balaban J connectivity index is 1.55. The third kappa shape index (κ3) is 4.74. The molecule has 2 aromatic carbocycles. The maximum absolute atomic E-state index is 12.4. The topological polar surface area (TPSA) is 87.1 Å². The molecule has 3 N–H and O–H groups in total. The Kier molecular flexibility index (Phi) is 5.71. The van der Waals surface area contributed by atoms with Crippen LogP contribution in [0.25, 0.3) is 11.3 Å². The third-order valence-electron chi connectivity index (χ3n) is 5.31. The van der Waals surface area contributed by atoms with Crippen molar-refractivity contribution in [3.63, 3.8) is 0 Å². The van der Waals surface area contributed by atoms with Crippen molar-refractivity contribution in [2.75, 3.05) is 12.4 Å². The lowest BCUT2D eigenvalue weighted by Crippen LogP contribution is -2.26. The lowest BCUT2D eigenvalue weighted by molar-refractivity contribution is 0.0950. The third-order valence-corrected chi connectivity index (χ3v) is 5.31. The Labute approximate surface area is 182 Å². The highest BCUT2D eigenvalue weighted by Crippen LogP contribution is 2.30. The number of rotatable bonds is 7. The number of hydrogen-bond donors (Lipinski definition) is 3. The van der Waals surface area contributed by atoms with Crippen LogP contribution in [0, 0.1) is 12.3 Å². The second-order valence-electron chi connectivity index (χ2n) is 7.84. The normalized spacial score (nSPS) is 12.9. The van der Waals surface area contributed by atoms with E-state index in [0.29, 0.717) is 28.8 Å². The van der Waals surface area contributed by atoms with Crippen molar-refractivity contribution in [3.8, 4) is 22.8 Å². The average Bonchev–Trinajstić information content (AvgIpc) is 3.57. The molecule has 1 heterocycles. The summed E-state index contributed by atoms with van der Waals surface area (Å²) in [7, 11) is 1.83. The van der Waals surface area contributed by atoms with Gasteiger partial charge >= 0.3 is 0 Å². The fraction of sp³-hybridized carbons (Fsp3) is 0.240. The fourth-order valence-electron chi connectivity index (χ4n) is 3.46. The van der Waals surface area contributed by atoms with Gasteiger partial charge in [0, 0.05) is 59.5 Å². The summed E-state index contributed by atoms with van der Waals surface area (Å²) in [5.74, 6) is 1.33. The van der Waals surface area contributed by atoms with Gasteiger partial charge in [-0.1, -0.05) is 6.07 Å². The number of benzene rings is 2. The standard InChI is InChI=1S/C25H26N4O2/c1-15-12-17(4-8-21(15)25(30)29-18-5-6-18)23-13-20(10-11-28-23)31-19-7-9-22(16(2)26)24(14-19)27-3/h4,7-14,18,26-27H,5-6H2,1-3H3,(H,29,30). The van der Waals surface area contributed by atoms with Crippen LogP contribution in [0.3, 0.4) is 0 Å². The maximum atomic E-state index is 12.4. The average molecular weight is 415 g/mol. The molecule has 0 radical (unpaired) electrons. The van der Waals surface area contributed by atoms with Gasteiger partial charge in [0.25, 0.3) is 5.91 Å². The minimum Gasteiger partial charge on any atom is -0.457 e. The number of nitrogens with zero attached hydrogens (tertiary/aromatic N) is 1. The second-order valence-corrected chi connectivity index (χ2v) is 7.84. The summed E-state index contributed by atoms with van der Waals surface area (Å²) in [4.78, 5) is 16.8. The molecule has 1 aromatic heterocycles. The first-order valence-electron chi connectivity index (χ1n) is 10.4. The quantitative estimate of drug-likeness (QED) is 0.466. The Morgan fingerprint density at radius 3 is 2.48 bits per heavy atom. The predicted octanol–water partition coefficient (Wildman–Crippen LogP) is 5.17. The summed E-state index contributed by atoms with van der Waals surface area (Å²) < 4.78 is 6.05. The summed E-state index contributed by atoms with van der Waals surface area (Å²) in [6.07, 6.45) is 3.85. The minimum absolute atomic E-state index is 0.0134. The molecule has 1 aliphatic carbocycles. The molecule has 0 aliphatic heterocycles. The van der Waals surface area contributed by atoms with E-state index in [1.54, 1.807) is 13.1 Å². The Bertz CT molecular complexity index is 1150. The van der Waals surface area contributed by atoms with Crippen molar-refractivity contribution in [3.05, 3.63) is 71.4 Å². The van der Waals surface area contributed by atoms with Gasteiger partial charge < -0.3 is 20.8 Å². The van der Waals surface area contributed by atoms with E-state index in [4.69, 9.17) is 10.1 Å². The van der Waals surface area contributed by atoms with Crippen LogP contribution in [0.2, 0.25) is 0 Å². The summed E-state index contributed by atoms with van der Waals surface area (Å²) in [5.41, 5.74) is 5.49. The minimum atomic E-state index is -0.0134. The molecular weight excluding hydrogens is 388 g/mol. The van der Waals surface area contributed by atoms with E-state index in [2.05, 4.69) is 15.6 Å². The zero-order chi connectivity index (χ0) is 22.0. The number of carbonyl (C=O) groups excluding carboxylic acids is 1. The van der Waals surface area contributed by atoms with E-state index in [-0.39, 0.29) is 5.91 Å². The molecule has 6 nitrogen and oxygen atoms in total. The van der Waals surface area contributed by atoms with Crippen LogP contribution in [0.5, 0.6) is 11.5 Å². The van der Waals surface area contributed by atoms with Crippen LogP contribution >= 0.6 is 0 Å². The fourth-order valence-corrected chi connectivity index (χ4v) is 3.46. The SMILES string of the molecule is CNc1cc(Oc2ccnc(-c3ccc(C(=O)NC4CC4)c(C)c3)c2)ccc1C(C)=N. The number of amides is 1. The van der Waals surface area contributed by atoms with Crippen LogP contribution in [-0.2, 0) is 0 Å². The largest absolute Gasteiger partial charge is 0.457 e. The Morgan fingerprint density at radius 2 is 1.81 bits per heavy atom. The van der Waals surface area contributed by atoms with Gasteiger partial charge in [0.2, 0.25) is 0 Å². The number of nitrogens with one attached hydrogen (secondary N) is 3. The maximum Gasteiger partial charge on any atom is 0.251 e. The number of hydrogen-bond acceptors (Lipinski definition) is 5. The summed E-state index contributed by atoms with van der Waals surface area (Å²) in [6.45, 7) is 3.70. The summed E-state index contributed by atoms with van der Waals surface area (Å²) in [6, 6.07) is 15.4.